The molecule has 1 aromatic carbocycles. The summed E-state index contributed by atoms with van der Waals surface area (Å²) in [6, 6.07) is 7.33. The average Bonchev–Trinajstić information content (AvgIpc) is 3.22. The van der Waals surface area contributed by atoms with E-state index in [-0.39, 0.29) is 24.3 Å². The fraction of sp³-hybridized carbons (Fsp3) is 0.450. The summed E-state index contributed by atoms with van der Waals surface area (Å²) < 4.78 is 10.9. The zero-order chi connectivity index (χ0) is 19.4. The second kappa shape index (κ2) is 8.24. The highest BCUT2D eigenvalue weighted by atomic mass is 16.5. The van der Waals surface area contributed by atoms with E-state index in [0.717, 1.165) is 29.0 Å². The first-order valence-corrected chi connectivity index (χ1v) is 9.08. The van der Waals surface area contributed by atoms with E-state index in [1.165, 1.54) is 0 Å². The zero-order valence-corrected chi connectivity index (χ0v) is 15.5. The number of aromatic nitrogens is 1. The van der Waals surface area contributed by atoms with Gasteiger partial charge in [0.25, 0.3) is 0 Å². The Kier molecular flexibility index (Phi) is 5.78. The molecule has 0 spiro atoms. The summed E-state index contributed by atoms with van der Waals surface area (Å²) in [6.45, 7) is 4.11. The molecule has 0 saturated heterocycles. The van der Waals surface area contributed by atoms with Crippen molar-refractivity contribution in [2.45, 2.75) is 52.2 Å². The highest BCUT2D eigenvalue weighted by Crippen LogP contribution is 2.25. The van der Waals surface area contributed by atoms with E-state index in [0.29, 0.717) is 25.2 Å². The first-order chi connectivity index (χ1) is 12.9. The number of carbonyl (C=O) groups is 2. The van der Waals surface area contributed by atoms with E-state index in [1.807, 2.05) is 38.1 Å². The third kappa shape index (κ3) is 4.87. The molecule has 7 heteroatoms. The van der Waals surface area contributed by atoms with Gasteiger partial charge in [-0.2, -0.15) is 0 Å². The van der Waals surface area contributed by atoms with Crippen LogP contribution < -0.4 is 10.1 Å². The molecule has 27 heavy (non-hydrogen) atoms. The number of carboxylic acids is 1. The lowest BCUT2D eigenvalue weighted by atomic mass is 10.1. The molecular weight excluding hydrogens is 348 g/mol. The number of benzene rings is 1. The van der Waals surface area contributed by atoms with Crippen molar-refractivity contribution in [2.75, 3.05) is 0 Å². The first-order valence-electron chi connectivity index (χ1n) is 9.08. The van der Waals surface area contributed by atoms with Crippen molar-refractivity contribution in [1.29, 1.82) is 0 Å². The van der Waals surface area contributed by atoms with E-state index in [9.17, 15) is 9.59 Å². The Morgan fingerprint density at radius 1 is 1.26 bits per heavy atom. The normalized spacial score (nSPS) is 19.0. The molecule has 1 aliphatic carbocycles. The minimum absolute atomic E-state index is 0.0451. The number of aryl methyl sites for hydroxylation is 2. The number of ether oxygens (including phenoxy) is 1. The predicted molar refractivity (Wildman–Crippen MR) is 97.4 cm³/mol. The van der Waals surface area contributed by atoms with Gasteiger partial charge in [-0.05, 0) is 50.8 Å². The van der Waals surface area contributed by atoms with Crippen LogP contribution in [0.3, 0.4) is 0 Å². The van der Waals surface area contributed by atoms with Crippen LogP contribution in [0.2, 0.25) is 0 Å². The molecule has 3 rings (SSSR count). The lowest BCUT2D eigenvalue weighted by molar-refractivity contribution is -0.141. The second-order valence-electron chi connectivity index (χ2n) is 7.02. The maximum absolute atomic E-state index is 12.2. The smallest absolute Gasteiger partial charge is 0.306 e. The Hall–Kier alpha value is -2.83. The van der Waals surface area contributed by atoms with E-state index in [2.05, 4.69) is 10.5 Å². The first kappa shape index (κ1) is 18.9. The second-order valence-corrected chi connectivity index (χ2v) is 7.02. The van der Waals surface area contributed by atoms with E-state index >= 15 is 0 Å². The number of nitrogens with one attached hydrogen (secondary N) is 1. The summed E-state index contributed by atoms with van der Waals surface area (Å²) in [6.07, 6.45) is 2.11. The minimum atomic E-state index is -0.779. The van der Waals surface area contributed by atoms with E-state index in [1.54, 1.807) is 0 Å². The van der Waals surface area contributed by atoms with Crippen molar-refractivity contribution in [3.8, 4) is 5.75 Å². The number of hydrogen-bond acceptors (Lipinski definition) is 5. The average molecular weight is 372 g/mol. The summed E-state index contributed by atoms with van der Waals surface area (Å²) in [5, 5.41) is 15.9. The molecular formula is C20H24N2O5. The van der Waals surface area contributed by atoms with Gasteiger partial charge in [-0.25, -0.2) is 0 Å². The monoisotopic (exact) mass is 372 g/mol. The molecule has 1 fully saturated rings. The molecule has 0 bridgehead atoms. The van der Waals surface area contributed by atoms with Gasteiger partial charge < -0.3 is 19.7 Å². The van der Waals surface area contributed by atoms with Crippen LogP contribution in [0.15, 0.2) is 28.8 Å². The Morgan fingerprint density at radius 2 is 2.00 bits per heavy atom. The number of nitrogens with zero attached hydrogens (tertiary/aromatic N) is 1. The molecule has 1 saturated carbocycles. The van der Waals surface area contributed by atoms with Gasteiger partial charge in [0.2, 0.25) is 5.91 Å². The molecule has 2 N–H and O–H groups in total. The standard InChI is InChI=1S/C20H24N2O5/c1-12-18(13(2)27-22-12)11-26-17-7-3-14(4-8-17)9-19(23)21-16-6-5-15(10-16)20(24)25/h3-4,7-8,15-16H,5-6,9-11H2,1-2H3,(H,21,23)(H,24,25)/t15-,16+/m1/s1. The largest absolute Gasteiger partial charge is 0.489 e. The maximum Gasteiger partial charge on any atom is 0.306 e. The van der Waals surface area contributed by atoms with Crippen molar-refractivity contribution in [2.24, 2.45) is 5.92 Å². The van der Waals surface area contributed by atoms with Crippen LogP contribution in [0.4, 0.5) is 0 Å². The Morgan fingerprint density at radius 3 is 2.59 bits per heavy atom. The van der Waals surface area contributed by atoms with Crippen LogP contribution >= 0.6 is 0 Å². The Bertz CT molecular complexity index is 793. The van der Waals surface area contributed by atoms with E-state index < -0.39 is 5.97 Å². The molecule has 7 nitrogen and oxygen atoms in total. The third-order valence-corrected chi connectivity index (χ3v) is 5.00. The highest BCUT2D eigenvalue weighted by molar-refractivity contribution is 5.79. The van der Waals surface area contributed by atoms with Gasteiger partial charge >= 0.3 is 5.97 Å². The van der Waals surface area contributed by atoms with Gasteiger partial charge in [0.05, 0.1) is 23.6 Å². The van der Waals surface area contributed by atoms with Gasteiger partial charge in [-0.3, -0.25) is 9.59 Å². The van der Waals surface area contributed by atoms with Crippen LogP contribution in [0, 0.1) is 19.8 Å². The lowest BCUT2D eigenvalue weighted by Crippen LogP contribution is -2.34. The summed E-state index contributed by atoms with van der Waals surface area (Å²) in [5.74, 6) is 0.246. The third-order valence-electron chi connectivity index (χ3n) is 5.00. The predicted octanol–water partition coefficient (Wildman–Crippen LogP) is 2.78. The number of aliphatic carboxylic acids is 1. The van der Waals surface area contributed by atoms with E-state index in [4.69, 9.17) is 14.4 Å². The molecule has 1 aliphatic rings. The topological polar surface area (TPSA) is 102 Å². The zero-order valence-electron chi connectivity index (χ0n) is 15.5. The minimum Gasteiger partial charge on any atom is -0.489 e. The van der Waals surface area contributed by atoms with Gasteiger partial charge in [0.1, 0.15) is 18.1 Å². The van der Waals surface area contributed by atoms with Crippen molar-refractivity contribution in [3.63, 3.8) is 0 Å². The molecule has 0 aliphatic heterocycles. The molecule has 2 aromatic rings. The van der Waals surface area contributed by atoms with Gasteiger partial charge in [-0.15, -0.1) is 0 Å². The summed E-state index contributed by atoms with van der Waals surface area (Å²) in [4.78, 5) is 23.2. The SMILES string of the molecule is Cc1noc(C)c1COc1ccc(CC(=O)N[C@H]2CC[C@@H](C(=O)O)C2)cc1. The molecule has 1 heterocycles. The van der Waals surface area contributed by atoms with Crippen molar-refractivity contribution in [3.05, 3.63) is 46.8 Å². The van der Waals surface area contributed by atoms with Crippen molar-refractivity contribution < 1.29 is 24.0 Å². The van der Waals surface area contributed by atoms with Crippen molar-refractivity contribution >= 4 is 11.9 Å². The molecule has 144 valence electrons. The fourth-order valence-corrected chi connectivity index (χ4v) is 3.37. The van der Waals surface area contributed by atoms with Gasteiger partial charge in [0.15, 0.2) is 0 Å². The van der Waals surface area contributed by atoms with Crippen molar-refractivity contribution in [1.82, 2.24) is 10.5 Å². The number of rotatable bonds is 7. The molecule has 0 unspecified atom stereocenters. The number of carbonyl (C=O) groups excluding carboxylic acids is 1. The van der Waals surface area contributed by atoms with Gasteiger partial charge in [-0.1, -0.05) is 17.3 Å². The number of hydrogen-bond donors (Lipinski definition) is 2. The number of carboxylic acid groups (broad SMARTS) is 1. The number of amides is 1. The highest BCUT2D eigenvalue weighted by Gasteiger charge is 2.30. The van der Waals surface area contributed by atoms with Gasteiger partial charge in [0, 0.05) is 6.04 Å². The molecule has 2 atom stereocenters. The fourth-order valence-electron chi connectivity index (χ4n) is 3.37. The van der Waals surface area contributed by atoms with Crippen LogP contribution in [-0.4, -0.2) is 28.2 Å². The molecule has 0 radical (unpaired) electrons. The summed E-state index contributed by atoms with van der Waals surface area (Å²) >= 11 is 0. The molecule has 1 amide bonds. The lowest BCUT2D eigenvalue weighted by Gasteiger charge is -2.12. The quantitative estimate of drug-likeness (QED) is 0.775. The summed E-state index contributed by atoms with van der Waals surface area (Å²) in [5.41, 5.74) is 2.64. The van der Waals surface area contributed by atoms with Crippen LogP contribution in [0.25, 0.3) is 0 Å². The van der Waals surface area contributed by atoms with Crippen LogP contribution in [-0.2, 0) is 22.6 Å². The summed E-state index contributed by atoms with van der Waals surface area (Å²) in [7, 11) is 0. The maximum atomic E-state index is 12.2. The van der Waals surface area contributed by atoms with Crippen LogP contribution in [0.5, 0.6) is 5.75 Å². The van der Waals surface area contributed by atoms with Crippen LogP contribution in [0.1, 0.15) is 41.8 Å². The molecule has 1 aromatic heterocycles. The Balaban J connectivity index is 1.47. The Labute approximate surface area is 157 Å².